The summed E-state index contributed by atoms with van der Waals surface area (Å²) < 4.78 is 14.5. The molecule has 2 nitrogen and oxygen atoms in total. The maximum atomic E-state index is 5.77. The van der Waals surface area contributed by atoms with Crippen molar-refractivity contribution < 1.29 is 8.83 Å². The van der Waals surface area contributed by atoms with E-state index in [1.807, 2.05) is 13.8 Å². The molecule has 0 saturated carbocycles. The van der Waals surface area contributed by atoms with Crippen molar-refractivity contribution in [2.45, 2.75) is 13.8 Å². The Morgan fingerprint density at radius 1 is 0.667 bits per heavy atom. The topological polar surface area (TPSA) is 26.3 Å². The molecular weight excluding hydrogens is 376 g/mol. The molecule has 0 radical (unpaired) electrons. The van der Waals surface area contributed by atoms with Crippen molar-refractivity contribution in [2.75, 3.05) is 0 Å². The van der Waals surface area contributed by atoms with Crippen LogP contribution in [-0.4, -0.2) is 20.4 Å². The summed E-state index contributed by atoms with van der Waals surface area (Å²) >= 11 is -0.349. The second-order valence-corrected chi connectivity index (χ2v) is 8.68. The van der Waals surface area contributed by atoms with Crippen molar-refractivity contribution in [1.82, 2.24) is 0 Å². The molecular formula is C18H12O2Te. The van der Waals surface area contributed by atoms with Gasteiger partial charge in [-0.2, -0.15) is 0 Å². The average Bonchev–Trinajstić information content (AvgIpc) is 3.05. The van der Waals surface area contributed by atoms with Gasteiger partial charge in [0.2, 0.25) is 0 Å². The predicted octanol–water partition coefficient (Wildman–Crippen LogP) is 5.16. The first-order chi connectivity index (χ1) is 10.2. The van der Waals surface area contributed by atoms with Crippen LogP contribution in [0.15, 0.2) is 45.2 Å². The summed E-state index contributed by atoms with van der Waals surface area (Å²) in [6, 6.07) is 13.3. The van der Waals surface area contributed by atoms with Gasteiger partial charge in [0.05, 0.1) is 0 Å². The fraction of sp³-hybridized carbons (Fsp3) is 0.111. The van der Waals surface area contributed by atoms with Crippen molar-refractivity contribution in [3.05, 3.63) is 47.9 Å². The molecule has 0 fully saturated rings. The van der Waals surface area contributed by atoms with Crippen molar-refractivity contribution in [2.24, 2.45) is 0 Å². The quantitative estimate of drug-likeness (QED) is 0.343. The molecule has 3 heteroatoms. The zero-order chi connectivity index (χ0) is 14.1. The fourth-order valence-corrected chi connectivity index (χ4v) is 6.33. The van der Waals surface area contributed by atoms with E-state index in [1.165, 1.54) is 28.3 Å². The van der Waals surface area contributed by atoms with E-state index in [1.54, 1.807) is 0 Å². The van der Waals surface area contributed by atoms with Crippen LogP contribution in [0.4, 0.5) is 0 Å². The first kappa shape index (κ1) is 11.9. The summed E-state index contributed by atoms with van der Waals surface area (Å²) in [5.41, 5.74) is 2.03. The molecule has 0 aliphatic heterocycles. The van der Waals surface area contributed by atoms with Gasteiger partial charge in [0, 0.05) is 0 Å². The third-order valence-corrected chi connectivity index (χ3v) is 7.18. The van der Waals surface area contributed by atoms with Gasteiger partial charge in [0.1, 0.15) is 0 Å². The van der Waals surface area contributed by atoms with Gasteiger partial charge < -0.3 is 0 Å². The molecule has 0 bridgehead atoms. The second kappa shape index (κ2) is 3.94. The monoisotopic (exact) mass is 390 g/mol. The number of furan rings is 2. The van der Waals surface area contributed by atoms with Gasteiger partial charge in [-0.3, -0.25) is 0 Å². The summed E-state index contributed by atoms with van der Waals surface area (Å²) in [5.74, 6) is 1.96. The minimum absolute atomic E-state index is 0.349. The molecule has 0 amide bonds. The molecule has 21 heavy (non-hydrogen) atoms. The molecule has 0 unspecified atom stereocenters. The number of aryl methyl sites for hydroxylation is 2. The molecule has 5 rings (SSSR count). The molecule has 0 spiro atoms. The number of benzene rings is 2. The van der Waals surface area contributed by atoms with E-state index in [0.717, 1.165) is 22.7 Å². The Morgan fingerprint density at radius 3 is 1.62 bits per heavy atom. The molecule has 3 aromatic heterocycles. The zero-order valence-corrected chi connectivity index (χ0v) is 14.0. The molecule has 0 aliphatic rings. The van der Waals surface area contributed by atoms with Gasteiger partial charge in [-0.25, -0.2) is 0 Å². The van der Waals surface area contributed by atoms with Crippen LogP contribution in [0.3, 0.4) is 0 Å². The van der Waals surface area contributed by atoms with Gasteiger partial charge in [0.25, 0.3) is 0 Å². The van der Waals surface area contributed by atoms with E-state index < -0.39 is 0 Å². The first-order valence-corrected chi connectivity index (χ1v) is 9.27. The summed E-state index contributed by atoms with van der Waals surface area (Å²) in [5, 5.41) is 5.19. The van der Waals surface area contributed by atoms with Crippen LogP contribution in [0.2, 0.25) is 0 Å². The van der Waals surface area contributed by atoms with Crippen LogP contribution >= 0.6 is 0 Å². The van der Waals surface area contributed by atoms with Crippen LogP contribution < -0.4 is 0 Å². The first-order valence-electron chi connectivity index (χ1n) is 6.94. The molecule has 0 atom stereocenters. The van der Waals surface area contributed by atoms with Gasteiger partial charge in [-0.05, 0) is 0 Å². The fourth-order valence-electron chi connectivity index (χ4n) is 3.11. The summed E-state index contributed by atoms with van der Waals surface area (Å²) in [6.45, 7) is 4.01. The molecule has 0 saturated heterocycles. The Labute approximate surface area is 130 Å². The Hall–Kier alpha value is -1.69. The molecule has 5 aromatic rings. The molecule has 102 valence electrons. The normalized spacial score (nSPS) is 12.3. The van der Waals surface area contributed by atoms with E-state index in [-0.39, 0.29) is 20.4 Å². The van der Waals surface area contributed by atoms with Crippen LogP contribution in [-0.2, 0) is 0 Å². The SMILES string of the molecule is Cc1cc2cc3c(cc2o1)[te]c1cc2oc(C)cc2cc13. The van der Waals surface area contributed by atoms with Crippen LogP contribution in [0.25, 0.3) is 39.5 Å². The minimum atomic E-state index is -0.349. The Bertz CT molecular complexity index is 1060. The zero-order valence-electron chi connectivity index (χ0n) is 11.7. The standard InChI is InChI=1S/C18H12O2Te/c1-9-3-11-5-13-14-6-12-4-10(2)20-16(12)8-18(14)21-17(13)7-15(11)19-9/h3-8H,1-2H3. The molecule has 2 aromatic carbocycles. The summed E-state index contributed by atoms with van der Waals surface area (Å²) in [7, 11) is 0. The van der Waals surface area contributed by atoms with Crippen LogP contribution in [0, 0.1) is 13.8 Å². The Kier molecular flexibility index (Phi) is 2.24. The maximum absolute atomic E-state index is 5.77. The third-order valence-electron chi connectivity index (χ3n) is 3.99. The van der Waals surface area contributed by atoms with E-state index in [4.69, 9.17) is 8.83 Å². The Balaban J connectivity index is 1.97. The van der Waals surface area contributed by atoms with Gasteiger partial charge in [-0.15, -0.1) is 0 Å². The third kappa shape index (κ3) is 1.65. The van der Waals surface area contributed by atoms with Gasteiger partial charge in [0.15, 0.2) is 0 Å². The molecule has 0 N–H and O–H groups in total. The van der Waals surface area contributed by atoms with Crippen LogP contribution in [0.1, 0.15) is 11.5 Å². The van der Waals surface area contributed by atoms with E-state index in [9.17, 15) is 0 Å². The number of rotatable bonds is 0. The van der Waals surface area contributed by atoms with E-state index >= 15 is 0 Å². The molecule has 3 heterocycles. The predicted molar refractivity (Wildman–Crippen MR) is 87.4 cm³/mol. The number of hydrogen-bond acceptors (Lipinski definition) is 2. The van der Waals surface area contributed by atoms with Crippen molar-refractivity contribution >= 4 is 59.9 Å². The van der Waals surface area contributed by atoms with Crippen molar-refractivity contribution in [3.63, 3.8) is 0 Å². The van der Waals surface area contributed by atoms with Gasteiger partial charge in [-0.1, -0.05) is 0 Å². The van der Waals surface area contributed by atoms with Crippen LogP contribution in [0.5, 0.6) is 0 Å². The summed E-state index contributed by atoms with van der Waals surface area (Å²) in [6.07, 6.45) is 0. The molecule has 0 aliphatic carbocycles. The van der Waals surface area contributed by atoms with Crippen molar-refractivity contribution in [1.29, 1.82) is 0 Å². The Morgan fingerprint density at radius 2 is 1.14 bits per heavy atom. The average molecular weight is 388 g/mol. The number of hydrogen-bond donors (Lipinski definition) is 0. The second-order valence-electron chi connectivity index (χ2n) is 5.59. The van der Waals surface area contributed by atoms with Crippen molar-refractivity contribution in [3.8, 4) is 0 Å². The number of fused-ring (bicyclic) bond motifs is 5. The van der Waals surface area contributed by atoms with Gasteiger partial charge >= 0.3 is 131 Å². The van der Waals surface area contributed by atoms with E-state index in [2.05, 4.69) is 36.4 Å². The van der Waals surface area contributed by atoms with E-state index in [0.29, 0.717) is 0 Å². The summed E-state index contributed by atoms with van der Waals surface area (Å²) in [4.78, 5) is 0.